The van der Waals surface area contributed by atoms with Crippen molar-refractivity contribution in [1.82, 2.24) is 0 Å². The van der Waals surface area contributed by atoms with E-state index in [4.69, 9.17) is 0 Å². The first-order valence-corrected chi connectivity index (χ1v) is 4.35. The summed E-state index contributed by atoms with van der Waals surface area (Å²) in [7, 11) is 0. The zero-order valence-electron chi connectivity index (χ0n) is 8.36. The number of carboxylic acids is 2. The van der Waals surface area contributed by atoms with Crippen LogP contribution in [0.4, 0.5) is 0 Å². The van der Waals surface area contributed by atoms with E-state index in [1.54, 1.807) is 12.1 Å². The summed E-state index contributed by atoms with van der Waals surface area (Å²) in [5.74, 6) is -2.92. The summed E-state index contributed by atoms with van der Waals surface area (Å²) in [5.41, 5.74) is -0.260. The Balaban J connectivity index is 3.31. The molecule has 0 aliphatic rings. The molecule has 0 aliphatic heterocycles. The van der Waals surface area contributed by atoms with E-state index in [0.29, 0.717) is 0 Å². The number of carbonyl (C=O) groups excluding carboxylic acids is 2. The van der Waals surface area contributed by atoms with Crippen molar-refractivity contribution >= 4 is 23.1 Å². The van der Waals surface area contributed by atoms with Gasteiger partial charge in [-0.05, 0) is 22.3 Å². The minimum absolute atomic E-state index is 0.164. The highest BCUT2D eigenvalue weighted by Gasteiger charge is 2.09. The Morgan fingerprint density at radius 1 is 0.875 bits per heavy atom. The molecule has 1 rings (SSSR count). The lowest BCUT2D eigenvalue weighted by atomic mass is 9.96. The molecule has 0 aliphatic carbocycles. The second kappa shape index (κ2) is 4.44. The molecule has 0 unspecified atom stereocenters. The van der Waals surface area contributed by atoms with E-state index >= 15 is 0 Å². The topological polar surface area (TPSA) is 80.3 Å². The molecule has 0 amide bonds. The number of hydrogen-bond acceptors (Lipinski definition) is 4. The summed E-state index contributed by atoms with van der Waals surface area (Å²) in [6, 6.07) is 5.99. The molecule has 0 bridgehead atoms. The first-order valence-electron chi connectivity index (χ1n) is 4.35. The Morgan fingerprint density at radius 2 is 1.19 bits per heavy atom. The SMILES string of the molecule is C=C(C(=O)[O-])c1ccccc1C(=C)C(=O)[O-]. The Kier molecular flexibility index (Phi) is 3.25. The highest BCUT2D eigenvalue weighted by Crippen LogP contribution is 2.22. The molecule has 0 aromatic heterocycles. The molecular weight excluding hydrogens is 208 g/mol. The molecule has 4 heteroatoms. The van der Waals surface area contributed by atoms with Gasteiger partial charge in [-0.3, -0.25) is 0 Å². The van der Waals surface area contributed by atoms with Crippen LogP contribution in [0.2, 0.25) is 0 Å². The van der Waals surface area contributed by atoms with Crippen LogP contribution >= 0.6 is 0 Å². The zero-order chi connectivity index (χ0) is 12.3. The maximum Gasteiger partial charge on any atom is 0.0715 e. The fraction of sp³-hybridized carbons (Fsp3) is 0. The summed E-state index contributed by atoms with van der Waals surface area (Å²) in [6.45, 7) is 6.62. The monoisotopic (exact) mass is 216 g/mol. The van der Waals surface area contributed by atoms with Crippen molar-refractivity contribution in [3.63, 3.8) is 0 Å². The van der Waals surface area contributed by atoms with Crippen molar-refractivity contribution in [3.8, 4) is 0 Å². The van der Waals surface area contributed by atoms with Gasteiger partial charge in [-0.25, -0.2) is 0 Å². The molecule has 82 valence electrons. The van der Waals surface area contributed by atoms with Crippen LogP contribution in [-0.2, 0) is 9.59 Å². The third-order valence-electron chi connectivity index (χ3n) is 2.07. The van der Waals surface area contributed by atoms with Crippen LogP contribution < -0.4 is 10.2 Å². The van der Waals surface area contributed by atoms with Gasteiger partial charge in [0.25, 0.3) is 0 Å². The summed E-state index contributed by atoms with van der Waals surface area (Å²) in [4.78, 5) is 21.3. The third-order valence-corrected chi connectivity index (χ3v) is 2.07. The van der Waals surface area contributed by atoms with Gasteiger partial charge >= 0.3 is 0 Å². The predicted octanol–water partition coefficient (Wildman–Crippen LogP) is -0.787. The van der Waals surface area contributed by atoms with E-state index in [9.17, 15) is 19.8 Å². The number of benzene rings is 1. The van der Waals surface area contributed by atoms with Crippen LogP contribution in [0.1, 0.15) is 11.1 Å². The Hall–Kier alpha value is -2.36. The van der Waals surface area contributed by atoms with Gasteiger partial charge in [-0.1, -0.05) is 37.4 Å². The fourth-order valence-corrected chi connectivity index (χ4v) is 1.23. The molecule has 0 radical (unpaired) electrons. The number of aliphatic carboxylic acids is 2. The molecule has 0 saturated carbocycles. The van der Waals surface area contributed by atoms with Crippen LogP contribution in [-0.4, -0.2) is 11.9 Å². The van der Waals surface area contributed by atoms with E-state index in [1.807, 2.05) is 0 Å². The molecule has 1 aromatic carbocycles. The summed E-state index contributed by atoms with van der Waals surface area (Å²) < 4.78 is 0. The van der Waals surface area contributed by atoms with Gasteiger partial charge in [0.1, 0.15) is 0 Å². The van der Waals surface area contributed by atoms with Crippen LogP contribution in [0.5, 0.6) is 0 Å². The van der Waals surface area contributed by atoms with Gasteiger partial charge in [-0.15, -0.1) is 0 Å². The second-order valence-corrected chi connectivity index (χ2v) is 3.08. The fourth-order valence-electron chi connectivity index (χ4n) is 1.23. The van der Waals surface area contributed by atoms with Gasteiger partial charge < -0.3 is 19.8 Å². The van der Waals surface area contributed by atoms with Gasteiger partial charge in [0.2, 0.25) is 0 Å². The van der Waals surface area contributed by atoms with Crippen molar-refractivity contribution in [3.05, 3.63) is 48.6 Å². The molecule has 4 nitrogen and oxygen atoms in total. The minimum Gasteiger partial charge on any atom is -0.545 e. The van der Waals surface area contributed by atoms with Gasteiger partial charge in [0, 0.05) is 0 Å². The summed E-state index contributed by atoms with van der Waals surface area (Å²) in [5, 5.41) is 21.3. The quantitative estimate of drug-likeness (QED) is 0.618. The van der Waals surface area contributed by atoms with E-state index in [1.165, 1.54) is 12.1 Å². The van der Waals surface area contributed by atoms with Crippen molar-refractivity contribution in [2.75, 3.05) is 0 Å². The van der Waals surface area contributed by atoms with Gasteiger partial charge in [0.05, 0.1) is 11.9 Å². The molecule has 16 heavy (non-hydrogen) atoms. The molecule has 0 fully saturated rings. The summed E-state index contributed by atoms with van der Waals surface area (Å²) >= 11 is 0. The lowest BCUT2D eigenvalue weighted by molar-refractivity contribution is -0.297. The highest BCUT2D eigenvalue weighted by atomic mass is 16.4. The largest absolute Gasteiger partial charge is 0.545 e. The first kappa shape index (κ1) is 11.7. The number of carbonyl (C=O) groups is 2. The number of carboxylic acid groups (broad SMARTS) is 2. The number of hydrogen-bond donors (Lipinski definition) is 0. The normalized spacial score (nSPS) is 9.50. The first-order chi connectivity index (χ1) is 7.45. The molecule has 0 saturated heterocycles. The maximum atomic E-state index is 10.6. The minimum atomic E-state index is -1.46. The molecule has 0 N–H and O–H groups in total. The van der Waals surface area contributed by atoms with Crippen LogP contribution in [0.25, 0.3) is 11.1 Å². The average Bonchev–Trinajstić information content (AvgIpc) is 2.26. The average molecular weight is 216 g/mol. The highest BCUT2D eigenvalue weighted by molar-refractivity contribution is 6.19. The molecule has 0 heterocycles. The molecular formula is C12H8O4-2. The Morgan fingerprint density at radius 3 is 1.44 bits per heavy atom. The molecule has 1 aromatic rings. The standard InChI is InChI=1S/C12H10O4/c1-7(11(13)14)9-5-3-4-6-10(9)8(2)12(15)16/h3-6H,1-2H2,(H,13,14)(H,15,16)/p-2. The maximum absolute atomic E-state index is 10.6. The van der Waals surface area contributed by atoms with Gasteiger partial charge in [-0.2, -0.15) is 0 Å². The molecule has 0 atom stereocenters. The summed E-state index contributed by atoms with van der Waals surface area (Å²) in [6.07, 6.45) is 0. The van der Waals surface area contributed by atoms with Crippen molar-refractivity contribution in [1.29, 1.82) is 0 Å². The Labute approximate surface area is 92.2 Å². The zero-order valence-corrected chi connectivity index (χ0v) is 8.36. The van der Waals surface area contributed by atoms with Crippen molar-refractivity contribution in [2.24, 2.45) is 0 Å². The molecule has 0 spiro atoms. The van der Waals surface area contributed by atoms with Gasteiger partial charge in [0.15, 0.2) is 0 Å². The smallest absolute Gasteiger partial charge is 0.0715 e. The van der Waals surface area contributed by atoms with Crippen LogP contribution in [0.15, 0.2) is 37.4 Å². The van der Waals surface area contributed by atoms with E-state index in [-0.39, 0.29) is 22.3 Å². The van der Waals surface area contributed by atoms with E-state index in [0.717, 1.165) is 0 Å². The van der Waals surface area contributed by atoms with Crippen molar-refractivity contribution in [2.45, 2.75) is 0 Å². The lowest BCUT2D eigenvalue weighted by Gasteiger charge is -2.14. The lowest BCUT2D eigenvalue weighted by Crippen LogP contribution is -2.25. The number of rotatable bonds is 4. The van der Waals surface area contributed by atoms with Crippen LogP contribution in [0.3, 0.4) is 0 Å². The predicted molar refractivity (Wildman–Crippen MR) is 54.5 cm³/mol. The second-order valence-electron chi connectivity index (χ2n) is 3.08. The third kappa shape index (κ3) is 2.17. The Bertz CT molecular complexity index is 441. The van der Waals surface area contributed by atoms with Crippen molar-refractivity contribution < 1.29 is 19.8 Å². The van der Waals surface area contributed by atoms with E-state index < -0.39 is 11.9 Å². The van der Waals surface area contributed by atoms with Crippen LogP contribution in [0, 0.1) is 0 Å². The van der Waals surface area contributed by atoms with E-state index in [2.05, 4.69) is 13.2 Å².